The van der Waals surface area contributed by atoms with Gasteiger partial charge in [0.25, 0.3) is 0 Å². The largest absolute Gasteiger partial charge is 0.477 e. The van der Waals surface area contributed by atoms with Crippen molar-refractivity contribution in [3.05, 3.63) is 17.5 Å². The first-order valence-electron chi connectivity index (χ1n) is 5.48. The van der Waals surface area contributed by atoms with E-state index in [-0.39, 0.29) is 11.2 Å². The summed E-state index contributed by atoms with van der Waals surface area (Å²) in [6.07, 6.45) is 1.54. The van der Waals surface area contributed by atoms with E-state index in [9.17, 15) is 4.79 Å². The van der Waals surface area contributed by atoms with E-state index in [1.165, 1.54) is 0 Å². The third-order valence-electron chi connectivity index (χ3n) is 3.02. The van der Waals surface area contributed by atoms with Crippen LogP contribution in [-0.4, -0.2) is 52.4 Å². The van der Waals surface area contributed by atoms with Gasteiger partial charge < -0.3 is 15.3 Å². The van der Waals surface area contributed by atoms with Gasteiger partial charge in [0, 0.05) is 24.2 Å². The summed E-state index contributed by atoms with van der Waals surface area (Å²) < 4.78 is 0. The molecule has 0 amide bonds. The van der Waals surface area contributed by atoms with Gasteiger partial charge in [-0.25, -0.2) is 4.79 Å². The van der Waals surface area contributed by atoms with E-state index in [0.29, 0.717) is 12.1 Å². The van der Waals surface area contributed by atoms with Crippen LogP contribution < -0.4 is 5.32 Å². The molecular formula is C11H20N4O2. The fourth-order valence-electron chi connectivity index (χ4n) is 1.29. The Morgan fingerprint density at radius 1 is 1.59 bits per heavy atom. The van der Waals surface area contributed by atoms with Crippen molar-refractivity contribution in [2.45, 2.75) is 25.9 Å². The molecule has 0 aromatic carbocycles. The highest BCUT2D eigenvalue weighted by atomic mass is 16.4. The lowest BCUT2D eigenvalue weighted by molar-refractivity contribution is 0.0689. The maximum absolute atomic E-state index is 10.8. The molecule has 0 unspecified atom stereocenters. The summed E-state index contributed by atoms with van der Waals surface area (Å²) in [4.78, 5) is 13.0. The molecule has 1 aromatic heterocycles. The van der Waals surface area contributed by atoms with Crippen LogP contribution in [-0.2, 0) is 6.54 Å². The molecule has 0 aliphatic carbocycles. The van der Waals surface area contributed by atoms with E-state index >= 15 is 0 Å². The third kappa shape index (κ3) is 3.54. The molecule has 0 aliphatic rings. The fourth-order valence-corrected chi connectivity index (χ4v) is 1.29. The summed E-state index contributed by atoms with van der Waals surface area (Å²) in [6, 6.07) is 0. The van der Waals surface area contributed by atoms with E-state index in [1.54, 1.807) is 6.20 Å². The van der Waals surface area contributed by atoms with Gasteiger partial charge in [-0.15, -0.1) is 0 Å². The zero-order chi connectivity index (χ0) is 13.1. The molecule has 3 N–H and O–H groups in total. The van der Waals surface area contributed by atoms with E-state index in [1.807, 2.05) is 14.1 Å². The number of aromatic amines is 1. The van der Waals surface area contributed by atoms with Crippen molar-refractivity contribution in [2.75, 3.05) is 20.6 Å². The first kappa shape index (κ1) is 13.7. The van der Waals surface area contributed by atoms with Gasteiger partial charge in [-0.2, -0.15) is 5.10 Å². The number of likely N-dealkylation sites (N-methyl/N-ethyl adjacent to an activating group) is 1. The minimum atomic E-state index is -0.980. The highest BCUT2D eigenvalue weighted by Gasteiger charge is 2.20. The number of hydrogen-bond acceptors (Lipinski definition) is 4. The van der Waals surface area contributed by atoms with Crippen molar-refractivity contribution in [1.82, 2.24) is 20.4 Å². The van der Waals surface area contributed by atoms with E-state index in [4.69, 9.17) is 5.11 Å². The van der Waals surface area contributed by atoms with Crippen LogP contribution in [0.15, 0.2) is 6.20 Å². The molecule has 0 radical (unpaired) electrons. The van der Waals surface area contributed by atoms with Gasteiger partial charge in [0.05, 0.1) is 6.20 Å². The normalized spacial score (nSPS) is 12.1. The molecular weight excluding hydrogens is 220 g/mol. The van der Waals surface area contributed by atoms with Gasteiger partial charge >= 0.3 is 5.97 Å². The van der Waals surface area contributed by atoms with Crippen LogP contribution in [0.1, 0.15) is 29.9 Å². The second kappa shape index (κ2) is 5.29. The first-order chi connectivity index (χ1) is 7.84. The van der Waals surface area contributed by atoms with E-state index in [0.717, 1.165) is 6.54 Å². The highest BCUT2D eigenvalue weighted by molar-refractivity contribution is 5.86. The maximum atomic E-state index is 10.8. The molecule has 0 fully saturated rings. The average molecular weight is 240 g/mol. The van der Waals surface area contributed by atoms with Crippen molar-refractivity contribution in [3.63, 3.8) is 0 Å². The monoisotopic (exact) mass is 240 g/mol. The SMILES string of the molecule is CN(C)C(C)(C)CNCc1cn[nH]c1C(=O)O. The minimum Gasteiger partial charge on any atom is -0.477 e. The Hall–Kier alpha value is -1.40. The number of H-pyrrole nitrogens is 1. The number of carboxylic acids is 1. The predicted octanol–water partition coefficient (Wildman–Crippen LogP) is 0.538. The Bertz CT molecular complexity index is 385. The lowest BCUT2D eigenvalue weighted by Crippen LogP contribution is -2.46. The number of aromatic carboxylic acids is 1. The van der Waals surface area contributed by atoms with Crippen LogP contribution in [0.2, 0.25) is 0 Å². The Kier molecular flexibility index (Phi) is 4.25. The smallest absolute Gasteiger partial charge is 0.354 e. The molecule has 0 saturated carbocycles. The highest BCUT2D eigenvalue weighted by Crippen LogP contribution is 2.09. The van der Waals surface area contributed by atoms with Crippen LogP contribution in [0.25, 0.3) is 0 Å². The van der Waals surface area contributed by atoms with Crippen LogP contribution in [0.3, 0.4) is 0 Å². The summed E-state index contributed by atoms with van der Waals surface area (Å²) in [5, 5.41) is 18.3. The number of carbonyl (C=O) groups is 1. The summed E-state index contributed by atoms with van der Waals surface area (Å²) in [6.45, 7) is 5.50. The Labute approximate surface area is 101 Å². The third-order valence-corrected chi connectivity index (χ3v) is 3.02. The summed E-state index contributed by atoms with van der Waals surface area (Å²) in [5.74, 6) is -0.980. The molecule has 1 aromatic rings. The standard InChI is InChI=1S/C11H20N4O2/c1-11(2,15(3)4)7-12-5-8-6-13-14-9(8)10(16)17/h6,12H,5,7H2,1-4H3,(H,13,14)(H,16,17). The van der Waals surface area contributed by atoms with Crippen LogP contribution in [0.5, 0.6) is 0 Å². The van der Waals surface area contributed by atoms with Gasteiger partial charge in [-0.1, -0.05) is 0 Å². The molecule has 0 spiro atoms. The van der Waals surface area contributed by atoms with Gasteiger partial charge in [0.1, 0.15) is 5.69 Å². The summed E-state index contributed by atoms with van der Waals surface area (Å²) in [7, 11) is 4.03. The van der Waals surface area contributed by atoms with Crippen molar-refractivity contribution in [2.24, 2.45) is 0 Å². The number of nitrogens with zero attached hydrogens (tertiary/aromatic N) is 2. The van der Waals surface area contributed by atoms with Crippen LogP contribution in [0.4, 0.5) is 0 Å². The molecule has 0 atom stereocenters. The molecule has 6 heteroatoms. The Morgan fingerprint density at radius 3 is 2.76 bits per heavy atom. The summed E-state index contributed by atoms with van der Waals surface area (Å²) >= 11 is 0. The average Bonchev–Trinajstić information content (AvgIpc) is 2.65. The second-order valence-corrected chi connectivity index (χ2v) is 4.89. The maximum Gasteiger partial charge on any atom is 0.354 e. The van der Waals surface area contributed by atoms with Crippen LogP contribution >= 0.6 is 0 Å². The topological polar surface area (TPSA) is 81.2 Å². The van der Waals surface area contributed by atoms with Gasteiger partial charge in [0.15, 0.2) is 0 Å². The van der Waals surface area contributed by atoms with Gasteiger partial charge in [-0.3, -0.25) is 5.10 Å². The number of rotatable bonds is 6. The molecule has 1 rings (SSSR count). The van der Waals surface area contributed by atoms with Crippen molar-refractivity contribution in [1.29, 1.82) is 0 Å². The number of nitrogens with one attached hydrogen (secondary N) is 2. The summed E-state index contributed by atoms with van der Waals surface area (Å²) in [5.41, 5.74) is 0.847. The van der Waals surface area contributed by atoms with E-state index < -0.39 is 5.97 Å². The minimum absolute atomic E-state index is 0.0210. The molecule has 0 saturated heterocycles. The van der Waals surface area contributed by atoms with Crippen molar-refractivity contribution >= 4 is 5.97 Å². The zero-order valence-electron chi connectivity index (χ0n) is 10.7. The zero-order valence-corrected chi connectivity index (χ0v) is 10.7. The Morgan fingerprint density at radius 2 is 2.24 bits per heavy atom. The molecule has 17 heavy (non-hydrogen) atoms. The molecule has 1 heterocycles. The molecule has 96 valence electrons. The Balaban J connectivity index is 2.52. The second-order valence-electron chi connectivity index (χ2n) is 4.89. The quantitative estimate of drug-likeness (QED) is 0.676. The first-order valence-corrected chi connectivity index (χ1v) is 5.48. The number of aromatic nitrogens is 2. The number of hydrogen-bond donors (Lipinski definition) is 3. The molecule has 6 nitrogen and oxygen atoms in total. The predicted molar refractivity (Wildman–Crippen MR) is 65.0 cm³/mol. The lowest BCUT2D eigenvalue weighted by Gasteiger charge is -2.32. The fraction of sp³-hybridized carbons (Fsp3) is 0.636. The van der Waals surface area contributed by atoms with Gasteiger partial charge in [0.2, 0.25) is 0 Å². The van der Waals surface area contributed by atoms with Crippen LogP contribution in [0, 0.1) is 0 Å². The van der Waals surface area contributed by atoms with Gasteiger partial charge in [-0.05, 0) is 27.9 Å². The van der Waals surface area contributed by atoms with Crippen molar-refractivity contribution in [3.8, 4) is 0 Å². The van der Waals surface area contributed by atoms with Crippen molar-refractivity contribution < 1.29 is 9.90 Å². The number of carboxylic acid groups (broad SMARTS) is 1. The van der Waals surface area contributed by atoms with E-state index in [2.05, 4.69) is 34.3 Å². The molecule has 0 bridgehead atoms. The lowest BCUT2D eigenvalue weighted by atomic mass is 10.0. The molecule has 0 aliphatic heterocycles.